The molecule has 0 fully saturated rings. The van der Waals surface area contributed by atoms with Gasteiger partial charge in [-0.05, 0) is 60.5 Å². The first kappa shape index (κ1) is 23.7. The lowest BCUT2D eigenvalue weighted by Crippen LogP contribution is -2.41. The van der Waals surface area contributed by atoms with E-state index in [1.165, 1.54) is 14.2 Å². The normalized spacial score (nSPS) is 10.4. The average Bonchev–Trinajstić information content (AvgIpc) is 2.87. The van der Waals surface area contributed by atoms with Crippen molar-refractivity contribution in [1.82, 2.24) is 10.6 Å². The molecule has 0 aliphatic rings. The number of hydrogen-bond donors (Lipinski definition) is 2. The molecule has 7 heteroatoms. The molecule has 0 bridgehead atoms. The van der Waals surface area contributed by atoms with Crippen LogP contribution in [-0.2, 0) is 0 Å². The molecule has 0 saturated heterocycles. The number of amides is 2. The highest BCUT2D eigenvalue weighted by Gasteiger charge is 2.20. The molecule has 3 rings (SSSR count). The Kier molecular flexibility index (Phi) is 8.30. The van der Waals surface area contributed by atoms with E-state index < -0.39 is 6.17 Å². The molecular formula is C26H28N2O5. The summed E-state index contributed by atoms with van der Waals surface area (Å²) < 4.78 is 16.1. The van der Waals surface area contributed by atoms with Crippen molar-refractivity contribution in [2.45, 2.75) is 19.5 Å². The number of nitrogens with one attached hydrogen (secondary N) is 2. The van der Waals surface area contributed by atoms with Crippen molar-refractivity contribution in [3.05, 3.63) is 89.5 Å². The summed E-state index contributed by atoms with van der Waals surface area (Å²) in [6, 6.07) is 20.9. The van der Waals surface area contributed by atoms with E-state index >= 15 is 0 Å². The molecule has 0 spiro atoms. The van der Waals surface area contributed by atoms with Gasteiger partial charge in [0.2, 0.25) is 0 Å². The number of hydrogen-bond acceptors (Lipinski definition) is 5. The number of carbonyl (C=O) groups excluding carboxylic acids is 2. The summed E-state index contributed by atoms with van der Waals surface area (Å²) in [6.07, 6.45) is 0.125. The van der Waals surface area contributed by atoms with Gasteiger partial charge >= 0.3 is 0 Å². The number of benzene rings is 3. The number of methoxy groups -OCH3 is 2. The lowest BCUT2D eigenvalue weighted by atomic mass is 10.1. The summed E-state index contributed by atoms with van der Waals surface area (Å²) in [5.74, 6) is 1.15. The van der Waals surface area contributed by atoms with Gasteiger partial charge in [0.15, 0.2) is 0 Å². The maximum absolute atomic E-state index is 13.0. The molecule has 0 aromatic heterocycles. The molecule has 7 nitrogen and oxygen atoms in total. The van der Waals surface area contributed by atoms with Crippen LogP contribution >= 0.6 is 0 Å². The Morgan fingerprint density at radius 2 is 1.27 bits per heavy atom. The third kappa shape index (κ3) is 6.49. The third-order valence-electron chi connectivity index (χ3n) is 4.90. The van der Waals surface area contributed by atoms with Crippen LogP contribution in [-0.4, -0.2) is 32.6 Å². The van der Waals surface area contributed by atoms with Gasteiger partial charge in [-0.1, -0.05) is 31.2 Å². The fourth-order valence-electron chi connectivity index (χ4n) is 3.14. The highest BCUT2D eigenvalue weighted by Crippen LogP contribution is 2.20. The largest absolute Gasteiger partial charge is 0.497 e. The predicted molar refractivity (Wildman–Crippen MR) is 126 cm³/mol. The maximum Gasteiger partial charge on any atom is 0.253 e. The first-order valence-corrected chi connectivity index (χ1v) is 10.7. The summed E-state index contributed by atoms with van der Waals surface area (Å²) >= 11 is 0. The Bertz CT molecular complexity index is 1020. The molecule has 0 saturated carbocycles. The van der Waals surface area contributed by atoms with E-state index in [4.69, 9.17) is 14.2 Å². The second-order valence-corrected chi connectivity index (χ2v) is 7.26. The molecule has 2 N–H and O–H groups in total. The van der Waals surface area contributed by atoms with Crippen LogP contribution in [0.25, 0.3) is 0 Å². The van der Waals surface area contributed by atoms with Crippen LogP contribution in [0.4, 0.5) is 0 Å². The van der Waals surface area contributed by atoms with Gasteiger partial charge in [-0.15, -0.1) is 0 Å². The van der Waals surface area contributed by atoms with E-state index in [0.29, 0.717) is 34.8 Å². The van der Waals surface area contributed by atoms with Gasteiger partial charge < -0.3 is 24.8 Å². The monoisotopic (exact) mass is 448 g/mol. The zero-order chi connectivity index (χ0) is 23.6. The van der Waals surface area contributed by atoms with Crippen molar-refractivity contribution in [1.29, 1.82) is 0 Å². The minimum Gasteiger partial charge on any atom is -0.497 e. The lowest BCUT2D eigenvalue weighted by Gasteiger charge is -2.21. The molecule has 0 aliphatic carbocycles. The van der Waals surface area contributed by atoms with Crippen LogP contribution in [0.15, 0.2) is 72.8 Å². The summed E-state index contributed by atoms with van der Waals surface area (Å²) in [4.78, 5) is 25.9. The molecule has 3 aromatic rings. The predicted octanol–water partition coefficient (Wildman–Crippen LogP) is 4.35. The van der Waals surface area contributed by atoms with Crippen LogP contribution in [0.3, 0.4) is 0 Å². The SMILES string of the molecule is CCCOc1ccc(C(NC(=O)c2cccc(OC)c2)NC(=O)c2cccc(OC)c2)cc1. The lowest BCUT2D eigenvalue weighted by molar-refractivity contribution is 0.0883. The van der Waals surface area contributed by atoms with Gasteiger partial charge in [-0.3, -0.25) is 9.59 Å². The second-order valence-electron chi connectivity index (χ2n) is 7.26. The highest BCUT2D eigenvalue weighted by atomic mass is 16.5. The fraction of sp³-hybridized carbons (Fsp3) is 0.231. The van der Waals surface area contributed by atoms with Crippen molar-refractivity contribution in [3.8, 4) is 17.2 Å². The molecule has 2 amide bonds. The molecule has 33 heavy (non-hydrogen) atoms. The molecule has 3 aromatic carbocycles. The van der Waals surface area contributed by atoms with Gasteiger partial charge in [0.1, 0.15) is 23.4 Å². The fourth-order valence-corrected chi connectivity index (χ4v) is 3.14. The maximum atomic E-state index is 13.0. The minimum absolute atomic E-state index is 0.351. The first-order chi connectivity index (χ1) is 16.0. The van der Waals surface area contributed by atoms with Gasteiger partial charge in [0.05, 0.1) is 20.8 Å². The Morgan fingerprint density at radius 3 is 1.73 bits per heavy atom. The van der Waals surface area contributed by atoms with Crippen molar-refractivity contribution in [2.24, 2.45) is 0 Å². The van der Waals surface area contributed by atoms with E-state index in [1.807, 2.05) is 31.2 Å². The summed E-state index contributed by atoms with van der Waals surface area (Å²) in [7, 11) is 3.08. The zero-order valence-electron chi connectivity index (χ0n) is 19.0. The van der Waals surface area contributed by atoms with Crippen LogP contribution < -0.4 is 24.8 Å². The van der Waals surface area contributed by atoms with Crippen molar-refractivity contribution in [2.75, 3.05) is 20.8 Å². The Hall–Kier alpha value is -4.00. The topological polar surface area (TPSA) is 85.9 Å². The Labute approximate surface area is 193 Å². The van der Waals surface area contributed by atoms with Crippen molar-refractivity contribution in [3.63, 3.8) is 0 Å². The van der Waals surface area contributed by atoms with Gasteiger partial charge in [0.25, 0.3) is 11.8 Å². The number of carbonyl (C=O) groups is 2. The van der Waals surface area contributed by atoms with E-state index in [0.717, 1.165) is 12.2 Å². The average molecular weight is 449 g/mol. The summed E-state index contributed by atoms with van der Waals surface area (Å²) in [6.45, 7) is 2.65. The van der Waals surface area contributed by atoms with Crippen LogP contribution in [0, 0.1) is 0 Å². The molecule has 0 atom stereocenters. The second kappa shape index (κ2) is 11.6. The standard InChI is InChI=1S/C26H28N2O5/c1-4-15-33-21-13-11-18(12-14-21)24(27-25(29)19-7-5-9-22(16-19)31-2)28-26(30)20-8-6-10-23(17-20)32-3/h5-14,16-17,24H,4,15H2,1-3H3,(H,27,29)(H,28,30). The molecule has 0 aliphatic heterocycles. The van der Waals surface area contributed by atoms with Crippen LogP contribution in [0.5, 0.6) is 17.2 Å². The summed E-state index contributed by atoms with van der Waals surface area (Å²) in [5, 5.41) is 5.79. The Morgan fingerprint density at radius 1 is 0.758 bits per heavy atom. The van der Waals surface area contributed by atoms with E-state index in [-0.39, 0.29) is 11.8 Å². The van der Waals surface area contributed by atoms with Gasteiger partial charge in [-0.25, -0.2) is 0 Å². The number of ether oxygens (including phenoxy) is 3. The molecule has 0 radical (unpaired) electrons. The first-order valence-electron chi connectivity index (χ1n) is 10.7. The molecule has 172 valence electrons. The zero-order valence-corrected chi connectivity index (χ0v) is 19.0. The molecule has 0 unspecified atom stereocenters. The van der Waals surface area contributed by atoms with E-state index in [9.17, 15) is 9.59 Å². The Balaban J connectivity index is 1.84. The number of rotatable bonds is 10. The van der Waals surface area contributed by atoms with Gasteiger partial charge in [0, 0.05) is 11.1 Å². The highest BCUT2D eigenvalue weighted by molar-refractivity contribution is 5.97. The molecule has 0 heterocycles. The van der Waals surface area contributed by atoms with E-state index in [2.05, 4.69) is 10.6 Å². The summed E-state index contributed by atoms with van der Waals surface area (Å²) in [5.41, 5.74) is 1.53. The third-order valence-corrected chi connectivity index (χ3v) is 4.90. The van der Waals surface area contributed by atoms with Crippen molar-refractivity contribution >= 4 is 11.8 Å². The molecular weight excluding hydrogens is 420 g/mol. The quantitative estimate of drug-likeness (QED) is 0.451. The van der Waals surface area contributed by atoms with Crippen molar-refractivity contribution < 1.29 is 23.8 Å². The van der Waals surface area contributed by atoms with Gasteiger partial charge in [-0.2, -0.15) is 0 Å². The smallest absolute Gasteiger partial charge is 0.253 e. The van der Waals surface area contributed by atoms with Crippen LogP contribution in [0.2, 0.25) is 0 Å². The minimum atomic E-state index is -0.775. The van der Waals surface area contributed by atoms with E-state index in [1.54, 1.807) is 48.5 Å². The van der Waals surface area contributed by atoms with Crippen LogP contribution in [0.1, 0.15) is 45.8 Å².